The Kier molecular flexibility index (Phi) is 5.58. The minimum absolute atomic E-state index is 0.0350. The first-order valence-corrected chi connectivity index (χ1v) is 9.23. The number of aromatic nitrogens is 3. The number of fused-ring (bicyclic) bond motifs is 1. The van der Waals surface area contributed by atoms with Gasteiger partial charge in [-0.25, -0.2) is 4.98 Å². The highest BCUT2D eigenvalue weighted by atomic mass is 35.5. The molecule has 0 bridgehead atoms. The number of amides is 1. The van der Waals surface area contributed by atoms with Gasteiger partial charge in [0.2, 0.25) is 5.28 Å². The zero-order chi connectivity index (χ0) is 19.7. The zero-order valence-electron chi connectivity index (χ0n) is 16.4. The van der Waals surface area contributed by atoms with Gasteiger partial charge < -0.3 is 18.8 Å². The van der Waals surface area contributed by atoms with E-state index in [1.54, 1.807) is 17.7 Å². The summed E-state index contributed by atoms with van der Waals surface area (Å²) in [6.45, 7) is 5.69. The Morgan fingerprint density at radius 1 is 1.22 bits per heavy atom. The highest BCUT2D eigenvalue weighted by Gasteiger charge is 2.19. The summed E-state index contributed by atoms with van der Waals surface area (Å²) < 4.78 is 9.13. The summed E-state index contributed by atoms with van der Waals surface area (Å²) in [5.74, 6) is -0.0350. The van der Waals surface area contributed by atoms with Crippen molar-refractivity contribution in [3.63, 3.8) is 0 Å². The molecule has 0 saturated carbocycles. The van der Waals surface area contributed by atoms with E-state index in [-0.39, 0.29) is 5.91 Å². The lowest BCUT2D eigenvalue weighted by atomic mass is 10.1. The molecule has 3 aromatic rings. The van der Waals surface area contributed by atoms with Crippen LogP contribution in [-0.4, -0.2) is 45.2 Å². The molecule has 0 atom stereocenters. The molecule has 6 nitrogen and oxygen atoms in total. The average molecular weight is 389 g/mol. The standard InChI is InChI=1S/C20H25ClN4O2/c1-13-10-16(14(2)23(13)3)12-25(8-9-27-5)19(26)15-6-7-17-18(11-15)24(4)20(21)22-17/h6-7,10-11H,8-9,12H2,1-5H3. The fraction of sp³-hybridized carbons (Fsp3) is 0.400. The van der Waals surface area contributed by atoms with Gasteiger partial charge in [-0.15, -0.1) is 0 Å². The largest absolute Gasteiger partial charge is 0.383 e. The first-order chi connectivity index (χ1) is 12.8. The zero-order valence-corrected chi connectivity index (χ0v) is 17.2. The van der Waals surface area contributed by atoms with Crippen LogP contribution in [0.5, 0.6) is 0 Å². The quantitative estimate of drug-likeness (QED) is 0.649. The molecule has 0 unspecified atom stereocenters. The number of halogens is 1. The fourth-order valence-corrected chi connectivity index (χ4v) is 3.41. The molecular formula is C20H25ClN4O2. The fourth-order valence-electron chi connectivity index (χ4n) is 3.23. The second-order valence-corrected chi connectivity index (χ2v) is 7.16. The molecule has 7 heteroatoms. The van der Waals surface area contributed by atoms with Crippen LogP contribution in [0.4, 0.5) is 0 Å². The van der Waals surface area contributed by atoms with Gasteiger partial charge in [-0.3, -0.25) is 4.79 Å². The number of ether oxygens (including phenoxy) is 1. The minimum atomic E-state index is -0.0350. The van der Waals surface area contributed by atoms with Crippen LogP contribution in [0.2, 0.25) is 5.28 Å². The van der Waals surface area contributed by atoms with E-state index < -0.39 is 0 Å². The number of rotatable bonds is 6. The second kappa shape index (κ2) is 7.74. The smallest absolute Gasteiger partial charge is 0.254 e. The van der Waals surface area contributed by atoms with Gasteiger partial charge in [0.25, 0.3) is 5.91 Å². The number of carbonyl (C=O) groups is 1. The van der Waals surface area contributed by atoms with Gasteiger partial charge >= 0.3 is 0 Å². The Balaban J connectivity index is 1.93. The van der Waals surface area contributed by atoms with Crippen molar-refractivity contribution in [1.82, 2.24) is 19.0 Å². The van der Waals surface area contributed by atoms with E-state index in [1.165, 1.54) is 5.69 Å². The van der Waals surface area contributed by atoms with Gasteiger partial charge in [0.1, 0.15) is 0 Å². The number of hydrogen-bond donors (Lipinski definition) is 0. The van der Waals surface area contributed by atoms with Crippen LogP contribution >= 0.6 is 11.6 Å². The lowest BCUT2D eigenvalue weighted by molar-refractivity contribution is 0.0680. The van der Waals surface area contributed by atoms with E-state index in [0.717, 1.165) is 22.3 Å². The van der Waals surface area contributed by atoms with Crippen LogP contribution in [0.15, 0.2) is 24.3 Å². The maximum absolute atomic E-state index is 13.2. The van der Waals surface area contributed by atoms with Crippen molar-refractivity contribution in [2.75, 3.05) is 20.3 Å². The lowest BCUT2D eigenvalue weighted by Crippen LogP contribution is -2.33. The summed E-state index contributed by atoms with van der Waals surface area (Å²) in [7, 11) is 5.52. The van der Waals surface area contributed by atoms with Gasteiger partial charge in [0, 0.05) is 51.2 Å². The van der Waals surface area contributed by atoms with Gasteiger partial charge in [-0.1, -0.05) is 0 Å². The van der Waals surface area contributed by atoms with E-state index >= 15 is 0 Å². The minimum Gasteiger partial charge on any atom is -0.383 e. The molecule has 27 heavy (non-hydrogen) atoms. The van der Waals surface area contributed by atoms with Crippen molar-refractivity contribution < 1.29 is 9.53 Å². The SMILES string of the molecule is COCCN(Cc1cc(C)n(C)c1C)C(=O)c1ccc2nc(Cl)n(C)c2c1. The topological polar surface area (TPSA) is 52.3 Å². The van der Waals surface area contributed by atoms with Crippen molar-refractivity contribution in [1.29, 1.82) is 0 Å². The van der Waals surface area contributed by atoms with Crippen molar-refractivity contribution in [3.8, 4) is 0 Å². The van der Waals surface area contributed by atoms with Crippen LogP contribution in [0.1, 0.15) is 27.3 Å². The van der Waals surface area contributed by atoms with Gasteiger partial charge in [-0.05, 0) is 55.3 Å². The van der Waals surface area contributed by atoms with Crippen LogP contribution in [-0.2, 0) is 25.4 Å². The molecule has 0 radical (unpaired) electrons. The van der Waals surface area contributed by atoms with Gasteiger partial charge in [0.15, 0.2) is 0 Å². The van der Waals surface area contributed by atoms with Gasteiger partial charge in [-0.2, -0.15) is 0 Å². The summed E-state index contributed by atoms with van der Waals surface area (Å²) in [6, 6.07) is 7.61. The molecule has 0 spiro atoms. The Hall–Kier alpha value is -2.31. The van der Waals surface area contributed by atoms with E-state index in [1.807, 2.05) is 31.1 Å². The van der Waals surface area contributed by atoms with Crippen molar-refractivity contribution in [2.45, 2.75) is 20.4 Å². The third kappa shape index (κ3) is 3.73. The summed E-state index contributed by atoms with van der Waals surface area (Å²) >= 11 is 6.09. The summed E-state index contributed by atoms with van der Waals surface area (Å²) in [5.41, 5.74) is 5.71. The highest BCUT2D eigenvalue weighted by molar-refractivity contribution is 6.29. The first-order valence-electron chi connectivity index (χ1n) is 8.85. The number of hydrogen-bond acceptors (Lipinski definition) is 3. The third-order valence-electron chi connectivity index (χ3n) is 5.17. The van der Waals surface area contributed by atoms with Crippen molar-refractivity contribution in [2.24, 2.45) is 14.1 Å². The maximum atomic E-state index is 13.2. The average Bonchev–Trinajstić information content (AvgIpc) is 3.08. The molecule has 144 valence electrons. The first kappa shape index (κ1) is 19.5. The van der Waals surface area contributed by atoms with E-state index in [9.17, 15) is 4.79 Å². The third-order valence-corrected chi connectivity index (χ3v) is 5.51. The molecule has 0 aliphatic rings. The molecule has 0 N–H and O–H groups in total. The number of methoxy groups -OCH3 is 1. The van der Waals surface area contributed by atoms with Crippen molar-refractivity contribution in [3.05, 3.63) is 52.1 Å². The highest BCUT2D eigenvalue weighted by Crippen LogP contribution is 2.22. The van der Waals surface area contributed by atoms with Crippen LogP contribution in [0, 0.1) is 13.8 Å². The Morgan fingerprint density at radius 2 is 1.96 bits per heavy atom. The lowest BCUT2D eigenvalue weighted by Gasteiger charge is -2.23. The number of benzene rings is 1. The number of imidazole rings is 1. The molecule has 1 amide bonds. The Morgan fingerprint density at radius 3 is 2.59 bits per heavy atom. The van der Waals surface area contributed by atoms with Crippen LogP contribution < -0.4 is 0 Å². The predicted octanol–water partition coefficient (Wildman–Crippen LogP) is 3.47. The molecule has 0 saturated heterocycles. The summed E-state index contributed by atoms with van der Waals surface area (Å²) in [6.07, 6.45) is 0. The molecule has 0 aliphatic heterocycles. The monoisotopic (exact) mass is 388 g/mol. The summed E-state index contributed by atoms with van der Waals surface area (Å²) in [5, 5.41) is 0.404. The van der Waals surface area contributed by atoms with E-state index in [4.69, 9.17) is 16.3 Å². The maximum Gasteiger partial charge on any atom is 0.254 e. The van der Waals surface area contributed by atoms with E-state index in [2.05, 4.69) is 29.5 Å². The normalized spacial score (nSPS) is 11.3. The molecule has 2 aromatic heterocycles. The Labute approximate surface area is 164 Å². The van der Waals surface area contributed by atoms with Crippen LogP contribution in [0.3, 0.4) is 0 Å². The molecular weight excluding hydrogens is 364 g/mol. The molecule has 0 aliphatic carbocycles. The molecule has 1 aromatic carbocycles. The number of aryl methyl sites for hydroxylation is 2. The molecule has 2 heterocycles. The predicted molar refractivity (Wildman–Crippen MR) is 107 cm³/mol. The summed E-state index contributed by atoms with van der Waals surface area (Å²) in [4.78, 5) is 19.3. The number of nitrogens with zero attached hydrogens (tertiary/aromatic N) is 4. The van der Waals surface area contributed by atoms with Crippen molar-refractivity contribution >= 4 is 28.5 Å². The van der Waals surface area contributed by atoms with E-state index in [0.29, 0.717) is 30.5 Å². The van der Waals surface area contributed by atoms with Gasteiger partial charge in [0.05, 0.1) is 17.6 Å². The number of carbonyl (C=O) groups excluding carboxylic acids is 1. The Bertz CT molecular complexity index is 990. The molecule has 3 rings (SSSR count). The second-order valence-electron chi connectivity index (χ2n) is 6.82. The molecule has 0 fully saturated rings. The van der Waals surface area contributed by atoms with Crippen LogP contribution in [0.25, 0.3) is 11.0 Å².